The van der Waals surface area contributed by atoms with Crippen LogP contribution in [0.15, 0.2) is 11.6 Å². The van der Waals surface area contributed by atoms with Gasteiger partial charge in [0.05, 0.1) is 11.1 Å². The summed E-state index contributed by atoms with van der Waals surface area (Å²) < 4.78 is 5.18. The lowest BCUT2D eigenvalue weighted by Gasteiger charge is -2.12. The molecule has 0 aliphatic carbocycles. The molecule has 15 heavy (non-hydrogen) atoms. The van der Waals surface area contributed by atoms with Crippen LogP contribution in [0.1, 0.15) is 11.4 Å². The maximum Gasteiger partial charge on any atom is 0.0937 e. The van der Waals surface area contributed by atoms with Gasteiger partial charge >= 0.3 is 0 Å². The molecule has 0 aliphatic rings. The Morgan fingerprint density at radius 1 is 1.60 bits per heavy atom. The summed E-state index contributed by atoms with van der Waals surface area (Å²) in [6.45, 7) is 2.50. The summed E-state index contributed by atoms with van der Waals surface area (Å²) in [5.74, 6) is 0. The third-order valence-corrected chi connectivity index (χ3v) is 3.08. The molecular formula is C10H19N3OS. The van der Waals surface area contributed by atoms with E-state index in [9.17, 15) is 0 Å². The predicted octanol–water partition coefficient (Wildman–Crippen LogP) is 0.639. The van der Waals surface area contributed by atoms with E-state index in [-0.39, 0.29) is 6.10 Å². The second kappa shape index (κ2) is 7.76. The number of thiazole rings is 1. The van der Waals surface area contributed by atoms with Crippen LogP contribution >= 0.6 is 11.3 Å². The first kappa shape index (κ1) is 12.6. The molecule has 86 valence electrons. The molecule has 3 N–H and O–H groups in total. The first-order valence-electron chi connectivity index (χ1n) is 5.18. The zero-order valence-corrected chi connectivity index (χ0v) is 9.93. The largest absolute Gasteiger partial charge is 0.380 e. The van der Waals surface area contributed by atoms with Crippen molar-refractivity contribution in [1.29, 1.82) is 0 Å². The highest BCUT2D eigenvalue weighted by atomic mass is 32.1. The van der Waals surface area contributed by atoms with Gasteiger partial charge in [-0.3, -0.25) is 0 Å². The van der Waals surface area contributed by atoms with Gasteiger partial charge in [-0.2, -0.15) is 0 Å². The fourth-order valence-corrected chi connectivity index (χ4v) is 1.91. The lowest BCUT2D eigenvalue weighted by atomic mass is 10.2. The number of hydrogen-bond acceptors (Lipinski definition) is 5. The summed E-state index contributed by atoms with van der Waals surface area (Å²) in [4.78, 5) is 4.22. The minimum Gasteiger partial charge on any atom is -0.380 e. The van der Waals surface area contributed by atoms with Crippen molar-refractivity contribution in [3.63, 3.8) is 0 Å². The third-order valence-electron chi connectivity index (χ3n) is 2.24. The second-order valence-corrected chi connectivity index (χ2v) is 4.29. The molecule has 1 rings (SSSR count). The molecule has 4 nitrogen and oxygen atoms in total. The van der Waals surface area contributed by atoms with E-state index in [1.807, 2.05) is 11.6 Å². The molecule has 0 radical (unpaired) electrons. The molecule has 0 spiro atoms. The van der Waals surface area contributed by atoms with Crippen LogP contribution in [0, 0.1) is 0 Å². The van der Waals surface area contributed by atoms with Crippen molar-refractivity contribution in [2.24, 2.45) is 5.73 Å². The van der Waals surface area contributed by atoms with E-state index in [1.54, 1.807) is 18.4 Å². The summed E-state index contributed by atoms with van der Waals surface area (Å²) in [6.07, 6.45) is 3.98. The third kappa shape index (κ3) is 5.22. The van der Waals surface area contributed by atoms with Crippen LogP contribution in [0.25, 0.3) is 0 Å². The molecule has 1 aromatic heterocycles. The number of methoxy groups -OCH3 is 1. The number of rotatable bonds is 8. The Kier molecular flexibility index (Phi) is 6.50. The number of hydrogen-bond donors (Lipinski definition) is 2. The van der Waals surface area contributed by atoms with E-state index in [4.69, 9.17) is 10.5 Å². The van der Waals surface area contributed by atoms with E-state index in [0.29, 0.717) is 6.54 Å². The van der Waals surface area contributed by atoms with Crippen molar-refractivity contribution >= 4 is 11.3 Å². The maximum atomic E-state index is 5.51. The highest BCUT2D eigenvalue weighted by Crippen LogP contribution is 2.03. The smallest absolute Gasteiger partial charge is 0.0937 e. The molecule has 0 fully saturated rings. The van der Waals surface area contributed by atoms with Gasteiger partial charge in [0.2, 0.25) is 0 Å². The number of ether oxygens (including phenoxy) is 1. The van der Waals surface area contributed by atoms with Crippen molar-refractivity contribution < 1.29 is 4.74 Å². The summed E-state index contributed by atoms with van der Waals surface area (Å²) in [7, 11) is 1.70. The van der Waals surface area contributed by atoms with Crippen LogP contribution in [-0.4, -0.2) is 37.8 Å². The van der Waals surface area contributed by atoms with E-state index in [0.717, 1.165) is 25.9 Å². The first-order chi connectivity index (χ1) is 7.36. The second-order valence-electron chi connectivity index (χ2n) is 3.31. The van der Waals surface area contributed by atoms with Crippen molar-refractivity contribution in [1.82, 2.24) is 10.3 Å². The van der Waals surface area contributed by atoms with Gasteiger partial charge in [0, 0.05) is 38.2 Å². The lowest BCUT2D eigenvalue weighted by Crippen LogP contribution is -2.28. The molecular weight excluding hydrogens is 210 g/mol. The van der Waals surface area contributed by atoms with Crippen molar-refractivity contribution in [2.75, 3.05) is 26.7 Å². The van der Waals surface area contributed by atoms with Crippen molar-refractivity contribution in [2.45, 2.75) is 18.9 Å². The molecule has 0 aromatic carbocycles. The predicted molar refractivity (Wildman–Crippen MR) is 63.2 cm³/mol. The van der Waals surface area contributed by atoms with E-state index in [2.05, 4.69) is 10.3 Å². The molecule has 0 bridgehead atoms. The van der Waals surface area contributed by atoms with Crippen LogP contribution in [0.4, 0.5) is 0 Å². The number of nitrogens with zero attached hydrogens (tertiary/aromatic N) is 1. The Balaban J connectivity index is 1.97. The molecule has 1 heterocycles. The van der Waals surface area contributed by atoms with Gasteiger partial charge in [-0.25, -0.2) is 4.98 Å². The van der Waals surface area contributed by atoms with E-state index >= 15 is 0 Å². The molecule has 1 atom stereocenters. The molecule has 1 aromatic rings. The standard InChI is InChI=1S/C10H19N3OS/c1-14-9(8-11)2-4-12-5-3-10-13-6-7-15-10/h6-7,9,12H,2-5,8,11H2,1H3. The highest BCUT2D eigenvalue weighted by molar-refractivity contribution is 7.09. The van der Waals surface area contributed by atoms with Crippen LogP contribution in [-0.2, 0) is 11.2 Å². The summed E-state index contributed by atoms with van der Waals surface area (Å²) in [5.41, 5.74) is 5.51. The summed E-state index contributed by atoms with van der Waals surface area (Å²) in [6, 6.07) is 0. The Labute approximate surface area is 94.8 Å². The molecule has 0 amide bonds. The Morgan fingerprint density at radius 2 is 2.47 bits per heavy atom. The average molecular weight is 229 g/mol. The molecule has 0 saturated carbocycles. The number of nitrogens with two attached hydrogens (primary N) is 1. The van der Waals surface area contributed by atoms with Gasteiger partial charge in [-0.05, 0) is 13.0 Å². The first-order valence-corrected chi connectivity index (χ1v) is 6.06. The zero-order valence-electron chi connectivity index (χ0n) is 9.11. The Hall–Kier alpha value is -0.490. The molecule has 1 unspecified atom stereocenters. The quantitative estimate of drug-likeness (QED) is 0.642. The highest BCUT2D eigenvalue weighted by Gasteiger charge is 2.03. The van der Waals surface area contributed by atoms with Gasteiger partial charge in [0.1, 0.15) is 0 Å². The summed E-state index contributed by atoms with van der Waals surface area (Å²) >= 11 is 1.70. The van der Waals surface area contributed by atoms with Gasteiger partial charge in [0.15, 0.2) is 0 Å². The Bertz CT molecular complexity index is 237. The maximum absolute atomic E-state index is 5.51. The zero-order chi connectivity index (χ0) is 10.9. The van der Waals surface area contributed by atoms with Crippen LogP contribution in [0.2, 0.25) is 0 Å². The Morgan fingerprint density at radius 3 is 3.07 bits per heavy atom. The molecule has 0 aliphatic heterocycles. The van der Waals surface area contributed by atoms with Gasteiger partial charge in [0.25, 0.3) is 0 Å². The van der Waals surface area contributed by atoms with Crippen LogP contribution in [0.3, 0.4) is 0 Å². The van der Waals surface area contributed by atoms with Crippen molar-refractivity contribution in [3.05, 3.63) is 16.6 Å². The normalized spacial score (nSPS) is 12.9. The molecule has 5 heteroatoms. The minimum atomic E-state index is 0.178. The van der Waals surface area contributed by atoms with Crippen molar-refractivity contribution in [3.8, 4) is 0 Å². The lowest BCUT2D eigenvalue weighted by molar-refractivity contribution is 0.102. The SMILES string of the molecule is COC(CN)CCNCCc1nccs1. The fraction of sp³-hybridized carbons (Fsp3) is 0.700. The van der Waals surface area contributed by atoms with Gasteiger partial charge in [-0.15, -0.1) is 11.3 Å². The molecule has 0 saturated heterocycles. The fourth-order valence-electron chi connectivity index (χ4n) is 1.29. The minimum absolute atomic E-state index is 0.178. The summed E-state index contributed by atoms with van der Waals surface area (Å²) in [5, 5.41) is 6.54. The van der Waals surface area contributed by atoms with Gasteiger partial charge < -0.3 is 15.8 Å². The van der Waals surface area contributed by atoms with E-state index in [1.165, 1.54) is 5.01 Å². The van der Waals surface area contributed by atoms with E-state index < -0.39 is 0 Å². The topological polar surface area (TPSA) is 60.2 Å². The average Bonchev–Trinajstić information content (AvgIpc) is 2.76. The van der Waals surface area contributed by atoms with Gasteiger partial charge in [-0.1, -0.05) is 0 Å². The van der Waals surface area contributed by atoms with Crippen LogP contribution in [0.5, 0.6) is 0 Å². The number of nitrogens with one attached hydrogen (secondary N) is 1. The number of aromatic nitrogens is 1. The van der Waals surface area contributed by atoms with Crippen LogP contribution < -0.4 is 11.1 Å². The monoisotopic (exact) mass is 229 g/mol.